The first-order chi connectivity index (χ1) is 8.81. The van der Waals surface area contributed by atoms with E-state index in [0.29, 0.717) is 25.5 Å². The van der Waals surface area contributed by atoms with Gasteiger partial charge in [-0.3, -0.25) is 0 Å². The van der Waals surface area contributed by atoms with Gasteiger partial charge in [-0.1, -0.05) is 28.9 Å². The summed E-state index contributed by atoms with van der Waals surface area (Å²) in [5, 5.41) is 8.81. The largest absolute Gasteiger partial charge is 0.345 e. The molecule has 1 fully saturated rings. The van der Waals surface area contributed by atoms with Crippen LogP contribution in [0, 0.1) is 0 Å². The van der Waals surface area contributed by atoms with Crippen molar-refractivity contribution in [2.24, 2.45) is 0 Å². The lowest BCUT2D eigenvalue weighted by atomic mass is 10.2. The maximum Gasteiger partial charge on any atom is 0.204 e. The van der Waals surface area contributed by atoms with Crippen molar-refractivity contribution in [3.8, 4) is 0 Å². The van der Waals surface area contributed by atoms with Gasteiger partial charge < -0.3 is 9.47 Å². The molecule has 1 saturated heterocycles. The van der Waals surface area contributed by atoms with Crippen LogP contribution in [0.25, 0.3) is 0 Å². The minimum absolute atomic E-state index is 0.377. The van der Waals surface area contributed by atoms with Crippen molar-refractivity contribution >= 4 is 11.6 Å². The summed E-state index contributed by atoms with van der Waals surface area (Å²) in [6.07, 6.45) is 1.45. The maximum atomic E-state index is 5.93. The number of ether oxygens (including phenoxy) is 2. The number of aromatic nitrogens is 3. The SMILES string of the molecule is Clc1cccc(Cn2cc(C3OCCO3)nn2)c1. The Morgan fingerprint density at radius 3 is 2.94 bits per heavy atom. The fourth-order valence-corrected chi connectivity index (χ4v) is 2.06. The Morgan fingerprint density at radius 2 is 2.17 bits per heavy atom. The molecular weight excluding hydrogens is 254 g/mol. The second kappa shape index (κ2) is 5.06. The molecule has 6 heteroatoms. The average Bonchev–Trinajstić information content (AvgIpc) is 2.98. The molecule has 18 heavy (non-hydrogen) atoms. The molecule has 0 N–H and O–H groups in total. The Bertz CT molecular complexity index is 538. The van der Waals surface area contributed by atoms with Crippen LogP contribution in [-0.4, -0.2) is 28.2 Å². The predicted molar refractivity (Wildman–Crippen MR) is 65.2 cm³/mol. The van der Waals surface area contributed by atoms with Crippen molar-refractivity contribution in [2.75, 3.05) is 13.2 Å². The molecule has 0 unspecified atom stereocenters. The number of hydrogen-bond acceptors (Lipinski definition) is 4. The number of rotatable bonds is 3. The van der Waals surface area contributed by atoms with Crippen molar-refractivity contribution in [1.82, 2.24) is 15.0 Å². The maximum absolute atomic E-state index is 5.93. The lowest BCUT2D eigenvalue weighted by molar-refractivity contribution is -0.0473. The minimum atomic E-state index is -0.377. The van der Waals surface area contributed by atoms with Crippen LogP contribution < -0.4 is 0 Å². The van der Waals surface area contributed by atoms with Crippen molar-refractivity contribution < 1.29 is 9.47 Å². The third-order valence-electron chi connectivity index (χ3n) is 2.65. The van der Waals surface area contributed by atoms with E-state index in [0.717, 1.165) is 10.6 Å². The highest BCUT2D eigenvalue weighted by Gasteiger charge is 2.21. The fraction of sp³-hybridized carbons (Fsp3) is 0.333. The highest BCUT2D eigenvalue weighted by molar-refractivity contribution is 6.30. The van der Waals surface area contributed by atoms with Gasteiger partial charge in [0.2, 0.25) is 6.29 Å². The molecule has 0 amide bonds. The lowest BCUT2D eigenvalue weighted by Crippen LogP contribution is -2.00. The number of halogens is 1. The van der Waals surface area contributed by atoms with Crippen LogP contribution in [0.4, 0.5) is 0 Å². The topological polar surface area (TPSA) is 49.2 Å². The van der Waals surface area contributed by atoms with E-state index >= 15 is 0 Å². The van der Waals surface area contributed by atoms with Gasteiger partial charge in [0.25, 0.3) is 0 Å². The Balaban J connectivity index is 1.73. The summed E-state index contributed by atoms with van der Waals surface area (Å²) in [4.78, 5) is 0. The Labute approximate surface area is 109 Å². The Morgan fingerprint density at radius 1 is 1.33 bits per heavy atom. The second-order valence-corrected chi connectivity index (χ2v) is 4.48. The number of benzene rings is 1. The van der Waals surface area contributed by atoms with E-state index in [4.69, 9.17) is 21.1 Å². The summed E-state index contributed by atoms with van der Waals surface area (Å²) < 4.78 is 12.5. The Hall–Kier alpha value is -1.43. The van der Waals surface area contributed by atoms with Gasteiger partial charge in [0.15, 0.2) is 0 Å². The zero-order valence-electron chi connectivity index (χ0n) is 9.62. The first-order valence-corrected chi connectivity index (χ1v) is 6.07. The third-order valence-corrected chi connectivity index (χ3v) is 2.89. The molecule has 5 nitrogen and oxygen atoms in total. The summed E-state index contributed by atoms with van der Waals surface area (Å²) >= 11 is 5.93. The summed E-state index contributed by atoms with van der Waals surface area (Å²) in [5.74, 6) is 0. The molecule has 1 aliphatic heterocycles. The highest BCUT2D eigenvalue weighted by atomic mass is 35.5. The summed E-state index contributed by atoms with van der Waals surface area (Å²) in [5.41, 5.74) is 1.78. The van der Waals surface area contributed by atoms with Crippen LogP contribution in [0.1, 0.15) is 17.5 Å². The van der Waals surface area contributed by atoms with Gasteiger partial charge >= 0.3 is 0 Å². The quantitative estimate of drug-likeness (QED) is 0.852. The van der Waals surface area contributed by atoms with E-state index in [1.807, 2.05) is 30.5 Å². The van der Waals surface area contributed by atoms with E-state index in [9.17, 15) is 0 Å². The molecule has 0 spiro atoms. The lowest BCUT2D eigenvalue weighted by Gasteiger charge is -2.03. The molecule has 0 atom stereocenters. The minimum Gasteiger partial charge on any atom is -0.345 e. The van der Waals surface area contributed by atoms with Crippen LogP contribution in [0.15, 0.2) is 30.5 Å². The second-order valence-electron chi connectivity index (χ2n) is 4.04. The van der Waals surface area contributed by atoms with E-state index in [2.05, 4.69) is 10.3 Å². The normalized spacial score (nSPS) is 16.3. The number of hydrogen-bond donors (Lipinski definition) is 0. The first-order valence-electron chi connectivity index (χ1n) is 5.69. The molecule has 0 aliphatic carbocycles. The van der Waals surface area contributed by atoms with Crippen LogP contribution in [0.2, 0.25) is 5.02 Å². The van der Waals surface area contributed by atoms with Crippen molar-refractivity contribution in [2.45, 2.75) is 12.8 Å². The molecule has 0 radical (unpaired) electrons. The van der Waals surface area contributed by atoms with Gasteiger partial charge in [0.05, 0.1) is 26.0 Å². The predicted octanol–water partition coefficient (Wildman–Crippen LogP) is 2.03. The number of nitrogens with zero attached hydrogens (tertiary/aromatic N) is 3. The van der Waals surface area contributed by atoms with Crippen molar-refractivity contribution in [3.05, 3.63) is 46.7 Å². The fourth-order valence-electron chi connectivity index (χ4n) is 1.85. The molecule has 94 valence electrons. The van der Waals surface area contributed by atoms with E-state index in [-0.39, 0.29) is 6.29 Å². The molecule has 1 aliphatic rings. The van der Waals surface area contributed by atoms with Crippen LogP contribution >= 0.6 is 11.6 Å². The molecule has 2 heterocycles. The summed E-state index contributed by atoms with van der Waals surface area (Å²) in [6.45, 7) is 1.83. The van der Waals surface area contributed by atoms with E-state index < -0.39 is 0 Å². The summed E-state index contributed by atoms with van der Waals surface area (Å²) in [6, 6.07) is 7.66. The first kappa shape index (κ1) is 11.6. The summed E-state index contributed by atoms with van der Waals surface area (Å²) in [7, 11) is 0. The van der Waals surface area contributed by atoms with Gasteiger partial charge in [0, 0.05) is 5.02 Å². The zero-order valence-corrected chi connectivity index (χ0v) is 10.4. The monoisotopic (exact) mass is 265 g/mol. The highest BCUT2D eigenvalue weighted by Crippen LogP contribution is 2.20. The molecule has 1 aromatic heterocycles. The van der Waals surface area contributed by atoms with Crippen LogP contribution in [0.3, 0.4) is 0 Å². The standard InChI is InChI=1S/C12H12ClN3O2/c13-10-3-1-2-9(6-10)7-16-8-11(14-15-16)12-17-4-5-18-12/h1-3,6,8,12H,4-5,7H2. The smallest absolute Gasteiger partial charge is 0.204 e. The van der Waals surface area contributed by atoms with E-state index in [1.54, 1.807) is 4.68 Å². The molecule has 2 aromatic rings. The van der Waals surface area contributed by atoms with Crippen LogP contribution in [0.5, 0.6) is 0 Å². The van der Waals surface area contributed by atoms with Gasteiger partial charge in [-0.05, 0) is 17.7 Å². The van der Waals surface area contributed by atoms with Gasteiger partial charge in [-0.2, -0.15) is 0 Å². The molecule has 0 saturated carbocycles. The van der Waals surface area contributed by atoms with Gasteiger partial charge in [-0.25, -0.2) is 4.68 Å². The third kappa shape index (κ3) is 2.53. The Kier molecular flexibility index (Phi) is 3.27. The average molecular weight is 266 g/mol. The van der Waals surface area contributed by atoms with E-state index in [1.165, 1.54) is 0 Å². The molecular formula is C12H12ClN3O2. The van der Waals surface area contributed by atoms with Crippen LogP contribution in [-0.2, 0) is 16.0 Å². The van der Waals surface area contributed by atoms with Gasteiger partial charge in [-0.15, -0.1) is 5.10 Å². The van der Waals surface area contributed by atoms with Crippen molar-refractivity contribution in [1.29, 1.82) is 0 Å². The van der Waals surface area contributed by atoms with Crippen molar-refractivity contribution in [3.63, 3.8) is 0 Å². The van der Waals surface area contributed by atoms with Gasteiger partial charge in [0.1, 0.15) is 5.69 Å². The molecule has 3 rings (SSSR count). The zero-order chi connectivity index (χ0) is 12.4. The molecule has 1 aromatic carbocycles. The molecule has 0 bridgehead atoms.